The average Bonchev–Trinajstić information content (AvgIpc) is 2.62. The van der Waals surface area contributed by atoms with Gasteiger partial charge in [0.1, 0.15) is 0 Å². The molecule has 1 aliphatic heterocycles. The summed E-state index contributed by atoms with van der Waals surface area (Å²) < 4.78 is 0. The molecule has 1 heterocycles. The fourth-order valence-electron chi connectivity index (χ4n) is 1.47. The fraction of sp³-hybridized carbons (Fsp3) is 0.800. The van der Waals surface area contributed by atoms with Crippen molar-refractivity contribution in [2.75, 3.05) is 26.4 Å². The maximum absolute atomic E-state index is 9.24. The lowest BCUT2D eigenvalue weighted by Crippen LogP contribution is -2.33. The predicted molar refractivity (Wildman–Crippen MR) is 55.4 cm³/mol. The molecular formula is C10H20N2O2. The summed E-state index contributed by atoms with van der Waals surface area (Å²) in [5.41, 5.74) is 0. The molecule has 0 bridgehead atoms. The Balaban J connectivity index is 2.18. The van der Waals surface area contributed by atoms with E-state index in [1.807, 2.05) is 17.3 Å². The average molecular weight is 200 g/mol. The summed E-state index contributed by atoms with van der Waals surface area (Å²) in [5.74, 6) is 0. The summed E-state index contributed by atoms with van der Waals surface area (Å²) in [6.07, 6.45) is 5.77. The number of hydrogen-bond acceptors (Lipinski definition) is 4. The third-order valence-corrected chi connectivity index (χ3v) is 2.31. The van der Waals surface area contributed by atoms with Crippen LogP contribution in [0.5, 0.6) is 0 Å². The lowest BCUT2D eigenvalue weighted by Gasteiger charge is -2.22. The topological polar surface area (TPSA) is 46.9 Å². The van der Waals surface area contributed by atoms with Crippen molar-refractivity contribution in [3.05, 3.63) is 12.4 Å². The summed E-state index contributed by atoms with van der Waals surface area (Å²) in [5, 5.41) is 17.9. The molecule has 14 heavy (non-hydrogen) atoms. The van der Waals surface area contributed by atoms with Gasteiger partial charge in [-0.05, 0) is 6.42 Å². The molecule has 0 fully saturated rings. The molecule has 0 radical (unpaired) electrons. The number of rotatable bonds is 6. The Kier molecular flexibility index (Phi) is 4.76. The number of β-amino-alcohol motifs (C(OH)–C–C–N with tert-alkyl or cyclic N) is 1. The highest BCUT2D eigenvalue weighted by Crippen LogP contribution is 2.08. The van der Waals surface area contributed by atoms with Gasteiger partial charge in [0.25, 0.3) is 0 Å². The zero-order chi connectivity index (χ0) is 10.4. The molecule has 4 nitrogen and oxygen atoms in total. The minimum absolute atomic E-state index is 0.167. The molecule has 2 N–H and O–H groups in total. The minimum atomic E-state index is -0.634. The molecule has 0 aromatic carbocycles. The van der Waals surface area contributed by atoms with Gasteiger partial charge in [0.15, 0.2) is 0 Å². The van der Waals surface area contributed by atoms with E-state index in [9.17, 15) is 5.11 Å². The van der Waals surface area contributed by atoms with Crippen LogP contribution in [-0.2, 0) is 0 Å². The molecule has 0 aliphatic carbocycles. The van der Waals surface area contributed by atoms with E-state index in [0.29, 0.717) is 6.54 Å². The van der Waals surface area contributed by atoms with Gasteiger partial charge in [0.2, 0.25) is 0 Å². The second kappa shape index (κ2) is 5.88. The summed E-state index contributed by atoms with van der Waals surface area (Å²) in [7, 11) is 0. The second-order valence-corrected chi connectivity index (χ2v) is 3.71. The quantitative estimate of drug-likeness (QED) is 0.642. The first-order chi connectivity index (χ1) is 6.76. The van der Waals surface area contributed by atoms with Crippen molar-refractivity contribution in [1.29, 1.82) is 0 Å². The van der Waals surface area contributed by atoms with Gasteiger partial charge in [-0.2, -0.15) is 0 Å². The first-order valence-corrected chi connectivity index (χ1v) is 5.21. The highest BCUT2D eigenvalue weighted by Gasteiger charge is 2.14. The monoisotopic (exact) mass is 200 g/mol. The van der Waals surface area contributed by atoms with E-state index in [2.05, 4.69) is 11.8 Å². The largest absolute Gasteiger partial charge is 0.394 e. The molecule has 0 aromatic heterocycles. The van der Waals surface area contributed by atoms with E-state index in [4.69, 9.17) is 5.11 Å². The molecule has 0 saturated heterocycles. The Labute approximate surface area is 85.4 Å². The Morgan fingerprint density at radius 2 is 2.07 bits per heavy atom. The van der Waals surface area contributed by atoms with Crippen molar-refractivity contribution in [2.45, 2.75) is 25.9 Å². The number of hydrogen-bond donors (Lipinski definition) is 2. The van der Waals surface area contributed by atoms with Crippen LogP contribution in [0.3, 0.4) is 0 Å². The van der Waals surface area contributed by atoms with Gasteiger partial charge in [-0.15, -0.1) is 0 Å². The van der Waals surface area contributed by atoms with Gasteiger partial charge >= 0.3 is 0 Å². The van der Waals surface area contributed by atoms with Crippen molar-refractivity contribution in [2.24, 2.45) is 0 Å². The van der Waals surface area contributed by atoms with E-state index in [1.54, 1.807) is 0 Å². The molecule has 1 aliphatic rings. The first kappa shape index (κ1) is 11.3. The molecular weight excluding hydrogens is 180 g/mol. The van der Waals surface area contributed by atoms with Crippen LogP contribution in [-0.4, -0.2) is 52.5 Å². The van der Waals surface area contributed by atoms with Crippen LogP contribution >= 0.6 is 0 Å². The molecule has 1 atom stereocenters. The highest BCUT2D eigenvalue weighted by atomic mass is 16.3. The van der Waals surface area contributed by atoms with Gasteiger partial charge < -0.3 is 20.0 Å². The first-order valence-electron chi connectivity index (χ1n) is 5.21. The van der Waals surface area contributed by atoms with E-state index in [1.165, 1.54) is 12.8 Å². The van der Waals surface area contributed by atoms with Gasteiger partial charge in [-0.1, -0.05) is 13.3 Å². The van der Waals surface area contributed by atoms with Gasteiger partial charge in [0, 0.05) is 25.5 Å². The van der Waals surface area contributed by atoms with E-state index in [-0.39, 0.29) is 6.61 Å². The van der Waals surface area contributed by atoms with Crippen LogP contribution in [0.1, 0.15) is 19.8 Å². The lowest BCUT2D eigenvalue weighted by molar-refractivity contribution is 0.0669. The predicted octanol–water partition coefficient (Wildman–Crippen LogP) is 0.186. The van der Waals surface area contributed by atoms with Gasteiger partial charge in [-0.3, -0.25) is 0 Å². The SMILES string of the molecule is CCCCN1C=CN(CC(O)CO)C1. The van der Waals surface area contributed by atoms with E-state index < -0.39 is 6.10 Å². The minimum Gasteiger partial charge on any atom is -0.394 e. The second-order valence-electron chi connectivity index (χ2n) is 3.71. The van der Waals surface area contributed by atoms with Crippen molar-refractivity contribution in [3.63, 3.8) is 0 Å². The van der Waals surface area contributed by atoms with Crippen molar-refractivity contribution in [1.82, 2.24) is 9.80 Å². The Morgan fingerprint density at radius 3 is 2.71 bits per heavy atom. The van der Waals surface area contributed by atoms with Crippen molar-refractivity contribution < 1.29 is 10.2 Å². The van der Waals surface area contributed by atoms with Crippen molar-refractivity contribution >= 4 is 0 Å². The smallest absolute Gasteiger partial charge is 0.0945 e. The number of aliphatic hydroxyl groups excluding tert-OH is 2. The maximum atomic E-state index is 9.24. The molecule has 0 saturated carbocycles. The summed E-state index contributed by atoms with van der Waals surface area (Å²) in [6.45, 7) is 4.41. The molecule has 0 amide bonds. The molecule has 0 spiro atoms. The molecule has 0 aromatic rings. The van der Waals surface area contributed by atoms with Crippen LogP contribution in [0.4, 0.5) is 0 Å². The Morgan fingerprint density at radius 1 is 1.36 bits per heavy atom. The van der Waals surface area contributed by atoms with Gasteiger partial charge in [-0.25, -0.2) is 0 Å². The van der Waals surface area contributed by atoms with Gasteiger partial charge in [0.05, 0.1) is 19.4 Å². The number of unbranched alkanes of at least 4 members (excludes halogenated alkanes) is 1. The normalized spacial score (nSPS) is 17.9. The lowest BCUT2D eigenvalue weighted by atomic mass is 10.3. The fourth-order valence-corrected chi connectivity index (χ4v) is 1.47. The number of aliphatic hydroxyl groups is 2. The molecule has 4 heteroatoms. The van der Waals surface area contributed by atoms with Crippen LogP contribution in [0.15, 0.2) is 12.4 Å². The van der Waals surface area contributed by atoms with Crippen LogP contribution in [0.2, 0.25) is 0 Å². The molecule has 1 unspecified atom stereocenters. The summed E-state index contributed by atoms with van der Waals surface area (Å²) in [6, 6.07) is 0. The Hall–Kier alpha value is -0.740. The number of nitrogens with zero attached hydrogens (tertiary/aromatic N) is 2. The van der Waals surface area contributed by atoms with Crippen LogP contribution < -0.4 is 0 Å². The molecule has 1 rings (SSSR count). The molecule has 82 valence electrons. The third kappa shape index (κ3) is 3.55. The highest BCUT2D eigenvalue weighted by molar-refractivity contribution is 4.91. The van der Waals surface area contributed by atoms with E-state index in [0.717, 1.165) is 13.2 Å². The summed E-state index contributed by atoms with van der Waals surface area (Å²) in [4.78, 5) is 4.23. The van der Waals surface area contributed by atoms with Crippen molar-refractivity contribution in [3.8, 4) is 0 Å². The van der Waals surface area contributed by atoms with E-state index >= 15 is 0 Å². The standard InChI is InChI=1S/C10H20N2O2/c1-2-3-4-11-5-6-12(9-11)7-10(14)8-13/h5-6,10,13-14H,2-4,7-9H2,1H3. The zero-order valence-electron chi connectivity index (χ0n) is 8.76. The third-order valence-electron chi connectivity index (χ3n) is 2.31. The zero-order valence-corrected chi connectivity index (χ0v) is 8.76. The maximum Gasteiger partial charge on any atom is 0.0945 e. The van der Waals surface area contributed by atoms with Crippen LogP contribution in [0, 0.1) is 0 Å². The Bertz CT molecular complexity index is 185. The summed E-state index contributed by atoms with van der Waals surface area (Å²) >= 11 is 0. The van der Waals surface area contributed by atoms with Crippen LogP contribution in [0.25, 0.3) is 0 Å².